The van der Waals surface area contributed by atoms with E-state index in [0.717, 1.165) is 16.8 Å². The number of hydrogen-bond acceptors (Lipinski definition) is 3. The Morgan fingerprint density at radius 2 is 1.83 bits per heavy atom. The third-order valence-electron chi connectivity index (χ3n) is 4.37. The quantitative estimate of drug-likeness (QED) is 0.767. The summed E-state index contributed by atoms with van der Waals surface area (Å²) in [5, 5.41) is 2.75. The number of anilines is 1. The van der Waals surface area contributed by atoms with E-state index in [4.69, 9.17) is 4.74 Å². The Hall–Kier alpha value is -3.15. The molecule has 5 nitrogen and oxygen atoms in total. The van der Waals surface area contributed by atoms with E-state index < -0.39 is 11.7 Å². The lowest BCUT2D eigenvalue weighted by atomic mass is 10.1. The maximum Gasteiger partial charge on any atom is 0.407 e. The largest absolute Gasteiger partial charge is 0.444 e. The van der Waals surface area contributed by atoms with Crippen molar-refractivity contribution in [2.45, 2.75) is 38.8 Å². The molecule has 1 aliphatic rings. The van der Waals surface area contributed by atoms with E-state index in [9.17, 15) is 14.0 Å². The van der Waals surface area contributed by atoms with Crippen LogP contribution in [-0.4, -0.2) is 30.2 Å². The molecule has 0 saturated carbocycles. The average Bonchev–Trinajstić information content (AvgIpc) is 2.99. The zero-order valence-electron chi connectivity index (χ0n) is 16.8. The van der Waals surface area contributed by atoms with Crippen molar-refractivity contribution >= 4 is 29.8 Å². The molecular weight excluding hydrogens is 371 g/mol. The first-order chi connectivity index (χ1) is 13.7. The summed E-state index contributed by atoms with van der Waals surface area (Å²) >= 11 is 0. The Labute approximate surface area is 170 Å². The lowest BCUT2D eigenvalue weighted by molar-refractivity contribution is -0.117. The van der Waals surface area contributed by atoms with Gasteiger partial charge in [-0.3, -0.25) is 4.79 Å². The average molecular weight is 396 g/mol. The fourth-order valence-corrected chi connectivity index (χ4v) is 3.10. The third-order valence-corrected chi connectivity index (χ3v) is 4.37. The van der Waals surface area contributed by atoms with Gasteiger partial charge in [0.1, 0.15) is 11.4 Å². The van der Waals surface area contributed by atoms with Crippen LogP contribution in [0.2, 0.25) is 0 Å². The second-order valence-corrected chi connectivity index (χ2v) is 8.03. The van der Waals surface area contributed by atoms with Gasteiger partial charge >= 0.3 is 6.09 Å². The first-order valence-electron chi connectivity index (χ1n) is 9.53. The number of nitrogens with one attached hydrogen (secondary N) is 1. The van der Waals surface area contributed by atoms with Crippen LogP contribution in [0.5, 0.6) is 0 Å². The van der Waals surface area contributed by atoms with Gasteiger partial charge in [-0.2, -0.15) is 0 Å². The number of carbonyl (C=O) groups excluding carboxylic acids is 2. The second-order valence-electron chi connectivity index (χ2n) is 8.03. The van der Waals surface area contributed by atoms with Crippen LogP contribution in [0.15, 0.2) is 48.5 Å². The number of benzene rings is 2. The normalized spacial score (nSPS) is 17.0. The molecule has 1 saturated heterocycles. The van der Waals surface area contributed by atoms with Crippen LogP contribution in [0, 0.1) is 5.82 Å². The summed E-state index contributed by atoms with van der Waals surface area (Å²) in [4.78, 5) is 25.9. The van der Waals surface area contributed by atoms with E-state index in [1.165, 1.54) is 12.1 Å². The van der Waals surface area contributed by atoms with E-state index in [2.05, 4.69) is 5.32 Å². The highest BCUT2D eigenvalue weighted by Gasteiger charge is 2.32. The Morgan fingerprint density at radius 1 is 1.14 bits per heavy atom. The predicted octanol–water partition coefficient (Wildman–Crippen LogP) is 4.63. The van der Waals surface area contributed by atoms with Crippen molar-refractivity contribution in [1.29, 1.82) is 0 Å². The van der Waals surface area contributed by atoms with Crippen LogP contribution in [0.4, 0.5) is 14.9 Å². The first kappa shape index (κ1) is 20.6. The minimum atomic E-state index is -0.582. The standard InChI is InChI=1S/C23H25FN2O3/c1-23(2,3)29-22(28)25-19-14-21(27)26(15-19)20-11-9-16(10-12-20)7-8-17-5-4-6-18(24)13-17/h4-13,19H,14-15H2,1-3H3,(H,25,28). The van der Waals surface area contributed by atoms with Crippen LogP contribution in [-0.2, 0) is 9.53 Å². The smallest absolute Gasteiger partial charge is 0.407 e. The highest BCUT2D eigenvalue weighted by Crippen LogP contribution is 2.23. The SMILES string of the molecule is CC(C)(C)OC(=O)NC1CC(=O)N(c2ccc(C=Cc3cccc(F)c3)cc2)C1. The molecule has 1 aliphatic heterocycles. The molecule has 1 fully saturated rings. The fourth-order valence-electron chi connectivity index (χ4n) is 3.10. The molecule has 0 bridgehead atoms. The molecule has 29 heavy (non-hydrogen) atoms. The Morgan fingerprint density at radius 3 is 2.48 bits per heavy atom. The molecule has 1 heterocycles. The summed E-state index contributed by atoms with van der Waals surface area (Å²) in [5.74, 6) is -0.321. The van der Waals surface area contributed by atoms with Gasteiger partial charge in [-0.05, 0) is 56.2 Å². The summed E-state index contributed by atoms with van der Waals surface area (Å²) < 4.78 is 18.5. The van der Waals surface area contributed by atoms with Crippen LogP contribution < -0.4 is 10.2 Å². The minimum Gasteiger partial charge on any atom is -0.444 e. The van der Waals surface area contributed by atoms with Gasteiger partial charge in [-0.1, -0.05) is 36.4 Å². The fraction of sp³-hybridized carbons (Fsp3) is 0.304. The van der Waals surface area contributed by atoms with Crippen molar-refractivity contribution in [2.24, 2.45) is 0 Å². The molecule has 2 aromatic carbocycles. The van der Waals surface area contributed by atoms with Gasteiger partial charge in [-0.25, -0.2) is 9.18 Å². The highest BCUT2D eigenvalue weighted by molar-refractivity contribution is 5.96. The van der Waals surface area contributed by atoms with Crippen molar-refractivity contribution in [3.05, 3.63) is 65.5 Å². The van der Waals surface area contributed by atoms with Gasteiger partial charge in [0.25, 0.3) is 0 Å². The Kier molecular flexibility index (Phi) is 6.01. The molecule has 1 unspecified atom stereocenters. The van der Waals surface area contributed by atoms with E-state index >= 15 is 0 Å². The molecular formula is C23H25FN2O3. The summed E-state index contributed by atoms with van der Waals surface area (Å²) in [6.45, 7) is 5.78. The monoisotopic (exact) mass is 396 g/mol. The summed E-state index contributed by atoms with van der Waals surface area (Å²) in [6.07, 6.45) is 3.44. The predicted molar refractivity (Wildman–Crippen MR) is 112 cm³/mol. The van der Waals surface area contributed by atoms with Gasteiger partial charge in [0, 0.05) is 18.7 Å². The number of halogens is 1. The van der Waals surface area contributed by atoms with Gasteiger partial charge in [0.2, 0.25) is 5.91 Å². The van der Waals surface area contributed by atoms with Gasteiger partial charge in [-0.15, -0.1) is 0 Å². The second kappa shape index (κ2) is 8.47. The lowest BCUT2D eigenvalue weighted by Crippen LogP contribution is -2.40. The van der Waals surface area contributed by atoms with Crippen LogP contribution >= 0.6 is 0 Å². The number of hydrogen-bond donors (Lipinski definition) is 1. The first-order valence-corrected chi connectivity index (χ1v) is 9.53. The van der Waals surface area contributed by atoms with Crippen LogP contribution in [0.1, 0.15) is 38.3 Å². The molecule has 152 valence electrons. The van der Waals surface area contributed by atoms with Crippen molar-refractivity contribution in [1.82, 2.24) is 5.32 Å². The zero-order valence-corrected chi connectivity index (χ0v) is 16.8. The van der Waals surface area contributed by atoms with E-state index in [1.54, 1.807) is 31.7 Å². The van der Waals surface area contributed by atoms with Gasteiger partial charge in [0.05, 0.1) is 6.04 Å². The van der Waals surface area contributed by atoms with Gasteiger partial charge in [0.15, 0.2) is 0 Å². The molecule has 0 aliphatic carbocycles. The van der Waals surface area contributed by atoms with Crippen LogP contribution in [0.25, 0.3) is 12.2 Å². The minimum absolute atomic E-state index is 0.0471. The number of amides is 2. The topological polar surface area (TPSA) is 58.6 Å². The van der Waals surface area contributed by atoms with Crippen molar-refractivity contribution in [3.63, 3.8) is 0 Å². The van der Waals surface area contributed by atoms with Crippen molar-refractivity contribution in [3.8, 4) is 0 Å². The maximum absolute atomic E-state index is 13.2. The number of carbonyl (C=O) groups is 2. The number of rotatable bonds is 4. The molecule has 0 aromatic heterocycles. The summed E-state index contributed by atoms with van der Waals surface area (Å²) in [7, 11) is 0. The van der Waals surface area contributed by atoms with E-state index in [1.807, 2.05) is 42.5 Å². The maximum atomic E-state index is 13.2. The Bertz CT molecular complexity index is 916. The van der Waals surface area contributed by atoms with E-state index in [-0.39, 0.29) is 24.2 Å². The number of alkyl carbamates (subject to hydrolysis) is 1. The number of nitrogens with zero attached hydrogens (tertiary/aromatic N) is 1. The Balaban J connectivity index is 1.61. The molecule has 3 rings (SSSR count). The molecule has 0 radical (unpaired) electrons. The molecule has 0 spiro atoms. The van der Waals surface area contributed by atoms with Crippen molar-refractivity contribution in [2.75, 3.05) is 11.4 Å². The number of ether oxygens (including phenoxy) is 1. The van der Waals surface area contributed by atoms with Gasteiger partial charge < -0.3 is 15.0 Å². The third kappa shape index (κ3) is 5.91. The van der Waals surface area contributed by atoms with E-state index in [0.29, 0.717) is 6.54 Å². The lowest BCUT2D eigenvalue weighted by Gasteiger charge is -2.22. The zero-order chi connectivity index (χ0) is 21.0. The molecule has 1 atom stereocenters. The summed E-state index contributed by atoms with van der Waals surface area (Å²) in [5.41, 5.74) is 1.90. The molecule has 6 heteroatoms. The van der Waals surface area contributed by atoms with Crippen LogP contribution in [0.3, 0.4) is 0 Å². The molecule has 2 aromatic rings. The highest BCUT2D eigenvalue weighted by atomic mass is 19.1. The molecule has 2 amide bonds. The molecule has 1 N–H and O–H groups in total. The van der Waals surface area contributed by atoms with Crippen molar-refractivity contribution < 1.29 is 18.7 Å². The summed E-state index contributed by atoms with van der Waals surface area (Å²) in [6, 6.07) is 13.6.